The highest BCUT2D eigenvalue weighted by molar-refractivity contribution is 7.45. The van der Waals surface area contributed by atoms with Crippen LogP contribution in [0.5, 0.6) is 0 Å². The zero-order chi connectivity index (χ0) is 44.3. The molecule has 0 amide bonds. The monoisotopic (exact) mass is 868 g/mol. The average Bonchev–Trinajstić information content (AvgIpc) is 3.20. The minimum absolute atomic E-state index is 0.0371. The first kappa shape index (κ1) is 58.2. The predicted octanol–water partition coefficient (Wildman–Crippen LogP) is 13.8. The Morgan fingerprint density at radius 3 is 1.38 bits per heavy atom. The van der Waals surface area contributed by atoms with E-state index in [4.69, 9.17) is 18.5 Å². The minimum atomic E-state index is -4.64. The third kappa shape index (κ3) is 45.7. The number of carbonyl (C=O) groups is 2. The van der Waals surface area contributed by atoms with E-state index in [1.165, 1.54) is 135 Å². The molecule has 0 bridgehead atoms. The van der Waals surface area contributed by atoms with Gasteiger partial charge in [0.25, 0.3) is 7.82 Å². The lowest BCUT2D eigenvalue weighted by Crippen LogP contribution is -2.37. The molecule has 10 heteroatoms. The van der Waals surface area contributed by atoms with E-state index in [2.05, 4.69) is 50.3 Å². The maximum atomic E-state index is 12.7. The molecule has 0 N–H and O–H groups in total. The molecule has 0 spiro atoms. The Bertz CT molecular complexity index is 1120. The van der Waals surface area contributed by atoms with E-state index >= 15 is 0 Å². The van der Waals surface area contributed by atoms with Crippen LogP contribution in [-0.4, -0.2) is 70.0 Å². The van der Waals surface area contributed by atoms with Crippen molar-refractivity contribution >= 4 is 19.8 Å². The van der Waals surface area contributed by atoms with Gasteiger partial charge in [-0.1, -0.05) is 198 Å². The Balaban J connectivity index is 4.33. The molecule has 0 fully saturated rings. The van der Waals surface area contributed by atoms with Crippen LogP contribution >= 0.6 is 7.82 Å². The lowest BCUT2D eigenvalue weighted by Gasteiger charge is -2.28. The number of phosphoric acid groups is 1. The van der Waals surface area contributed by atoms with Crippen molar-refractivity contribution in [3.8, 4) is 0 Å². The van der Waals surface area contributed by atoms with Gasteiger partial charge in [0, 0.05) is 12.8 Å². The molecule has 0 aliphatic heterocycles. The lowest BCUT2D eigenvalue weighted by molar-refractivity contribution is -0.870. The summed E-state index contributed by atoms with van der Waals surface area (Å²) in [5.41, 5.74) is 0. The number of hydrogen-bond acceptors (Lipinski definition) is 8. The van der Waals surface area contributed by atoms with E-state index in [-0.39, 0.29) is 26.1 Å². The average molecular weight is 868 g/mol. The van der Waals surface area contributed by atoms with Crippen LogP contribution in [0.15, 0.2) is 36.5 Å². The number of likely N-dealkylation sites (N-methyl/N-ethyl adjacent to an activating group) is 1. The van der Waals surface area contributed by atoms with Gasteiger partial charge in [0.15, 0.2) is 6.10 Å². The van der Waals surface area contributed by atoms with Crippen LogP contribution in [0.25, 0.3) is 0 Å². The molecule has 0 saturated heterocycles. The standard InChI is InChI=1S/C50H94NO8P/c1-6-8-10-12-14-16-18-20-22-24-25-27-29-31-33-35-37-39-41-43-50(53)59-48(47-58-60(54,55)57-45-44-51(3,4)5)46-56-49(52)42-40-38-36-34-32-30-28-26-23-21-19-17-15-13-11-9-7-2/h21,23,28,30,34,36,48H,6-20,22,24-27,29,31-33,35,37-47H2,1-5H3/b23-21-,30-28-,36-34-/t48-/m1/s1. The van der Waals surface area contributed by atoms with Crippen molar-refractivity contribution in [2.75, 3.05) is 47.5 Å². The Morgan fingerprint density at radius 1 is 0.517 bits per heavy atom. The molecule has 0 aromatic heterocycles. The molecule has 0 heterocycles. The molecule has 2 atom stereocenters. The highest BCUT2D eigenvalue weighted by Crippen LogP contribution is 2.38. The molecular weight excluding hydrogens is 774 g/mol. The van der Waals surface area contributed by atoms with Gasteiger partial charge in [-0.2, -0.15) is 0 Å². The van der Waals surface area contributed by atoms with Gasteiger partial charge < -0.3 is 27.9 Å². The smallest absolute Gasteiger partial charge is 0.306 e. The Kier molecular flexibility index (Phi) is 41.3. The van der Waals surface area contributed by atoms with Gasteiger partial charge in [-0.05, 0) is 44.9 Å². The second-order valence-corrected chi connectivity index (χ2v) is 19.2. The largest absolute Gasteiger partial charge is 0.756 e. The molecule has 0 aliphatic carbocycles. The van der Waals surface area contributed by atoms with Crippen molar-refractivity contribution in [1.29, 1.82) is 0 Å². The van der Waals surface area contributed by atoms with Crippen molar-refractivity contribution in [2.24, 2.45) is 0 Å². The molecule has 9 nitrogen and oxygen atoms in total. The number of quaternary nitrogens is 1. The van der Waals surface area contributed by atoms with Crippen molar-refractivity contribution in [2.45, 2.75) is 225 Å². The zero-order valence-electron chi connectivity index (χ0n) is 39.7. The maximum Gasteiger partial charge on any atom is 0.306 e. The zero-order valence-corrected chi connectivity index (χ0v) is 40.6. The van der Waals surface area contributed by atoms with Crippen LogP contribution in [0.2, 0.25) is 0 Å². The number of carbonyl (C=O) groups excluding carboxylic acids is 2. The lowest BCUT2D eigenvalue weighted by atomic mass is 10.0. The van der Waals surface area contributed by atoms with Crippen LogP contribution < -0.4 is 4.89 Å². The molecule has 1 unspecified atom stereocenters. The summed E-state index contributed by atoms with van der Waals surface area (Å²) >= 11 is 0. The van der Waals surface area contributed by atoms with Gasteiger partial charge in [0.05, 0.1) is 27.7 Å². The van der Waals surface area contributed by atoms with E-state index in [0.29, 0.717) is 23.9 Å². The van der Waals surface area contributed by atoms with Gasteiger partial charge in [-0.25, -0.2) is 0 Å². The third-order valence-corrected chi connectivity index (χ3v) is 11.6. The molecule has 0 aromatic carbocycles. The van der Waals surface area contributed by atoms with Crippen molar-refractivity contribution in [3.63, 3.8) is 0 Å². The highest BCUT2D eigenvalue weighted by Gasteiger charge is 2.21. The van der Waals surface area contributed by atoms with Crippen molar-refractivity contribution < 1.29 is 42.1 Å². The summed E-state index contributed by atoms with van der Waals surface area (Å²) in [6, 6.07) is 0. The van der Waals surface area contributed by atoms with E-state index in [1.54, 1.807) is 0 Å². The molecule has 0 rings (SSSR count). The van der Waals surface area contributed by atoms with Crippen LogP contribution in [0.4, 0.5) is 0 Å². The summed E-state index contributed by atoms with van der Waals surface area (Å²) in [7, 11) is 1.15. The van der Waals surface area contributed by atoms with Crippen LogP contribution in [-0.2, 0) is 32.7 Å². The van der Waals surface area contributed by atoms with Crippen molar-refractivity contribution in [1.82, 2.24) is 0 Å². The van der Waals surface area contributed by atoms with E-state index in [9.17, 15) is 19.0 Å². The van der Waals surface area contributed by atoms with Crippen molar-refractivity contribution in [3.05, 3.63) is 36.5 Å². The van der Waals surface area contributed by atoms with Gasteiger partial charge in [-0.3, -0.25) is 14.2 Å². The summed E-state index contributed by atoms with van der Waals surface area (Å²) in [6.45, 7) is 4.19. The van der Waals surface area contributed by atoms with Gasteiger partial charge in [-0.15, -0.1) is 0 Å². The maximum absolute atomic E-state index is 12.7. The normalized spacial score (nSPS) is 13.8. The molecule has 352 valence electrons. The third-order valence-electron chi connectivity index (χ3n) is 10.7. The number of hydrogen-bond donors (Lipinski definition) is 0. The molecule has 0 saturated carbocycles. The number of unbranched alkanes of at least 4 members (excludes halogenated alkanes) is 25. The fourth-order valence-corrected chi connectivity index (χ4v) is 7.52. The Labute approximate surface area is 370 Å². The summed E-state index contributed by atoms with van der Waals surface area (Å²) in [4.78, 5) is 37.6. The Morgan fingerprint density at radius 2 is 0.917 bits per heavy atom. The number of ether oxygens (including phenoxy) is 2. The van der Waals surface area contributed by atoms with Crippen LogP contribution in [0, 0.1) is 0 Å². The quantitative estimate of drug-likeness (QED) is 0.0196. The predicted molar refractivity (Wildman–Crippen MR) is 250 cm³/mol. The SMILES string of the molecule is CCCCCCCC/C=C\C/C=C\C/C=C\CCCC(=O)OC[C@H](COP(=O)([O-])OCC[N+](C)(C)C)OC(=O)CCCCCCCCCCCCCCCCCCCCC. The van der Waals surface area contributed by atoms with Crippen LogP contribution in [0.1, 0.15) is 219 Å². The van der Waals surface area contributed by atoms with E-state index in [1.807, 2.05) is 21.1 Å². The summed E-state index contributed by atoms with van der Waals surface area (Å²) in [5.74, 6) is -0.887. The minimum Gasteiger partial charge on any atom is -0.756 e. The molecule has 0 aliphatic rings. The van der Waals surface area contributed by atoms with Crippen LogP contribution in [0.3, 0.4) is 0 Å². The molecule has 60 heavy (non-hydrogen) atoms. The van der Waals surface area contributed by atoms with E-state index < -0.39 is 32.5 Å². The first-order chi connectivity index (χ1) is 29.0. The fourth-order valence-electron chi connectivity index (χ4n) is 6.79. The fraction of sp³-hybridized carbons (Fsp3) is 0.840. The second kappa shape index (κ2) is 42.5. The number of phosphoric ester groups is 1. The summed E-state index contributed by atoms with van der Waals surface area (Å²) in [6.07, 6.45) is 49.0. The highest BCUT2D eigenvalue weighted by atomic mass is 31.2. The number of nitrogens with zero attached hydrogens (tertiary/aromatic N) is 1. The first-order valence-corrected chi connectivity index (χ1v) is 26.2. The van der Waals surface area contributed by atoms with Gasteiger partial charge in [0.2, 0.25) is 0 Å². The van der Waals surface area contributed by atoms with Gasteiger partial charge >= 0.3 is 11.9 Å². The van der Waals surface area contributed by atoms with Gasteiger partial charge in [0.1, 0.15) is 19.8 Å². The van der Waals surface area contributed by atoms with E-state index in [0.717, 1.165) is 44.9 Å². The first-order valence-electron chi connectivity index (χ1n) is 24.7. The Hall–Kier alpha value is -1.77. The molecule has 0 radical (unpaired) electrons. The second-order valence-electron chi connectivity index (χ2n) is 17.8. The topological polar surface area (TPSA) is 111 Å². The molecule has 0 aromatic rings. The summed E-state index contributed by atoms with van der Waals surface area (Å²) in [5, 5.41) is 0. The number of esters is 2. The summed E-state index contributed by atoms with van der Waals surface area (Å²) < 4.78 is 33.9. The number of allylic oxidation sites excluding steroid dienone is 6. The molecular formula is C50H94NO8P. The number of rotatable bonds is 45.